The number of carbonyl (C=O) groups excluding carboxylic acids is 3. The maximum absolute atomic E-state index is 12.1. The molecule has 0 aliphatic rings. The number of carbonyl (C=O) groups is 5. The molecule has 0 unspecified atom stereocenters. The lowest BCUT2D eigenvalue weighted by atomic mass is 10.1. The third-order valence-electron chi connectivity index (χ3n) is 3.13. The van der Waals surface area contributed by atoms with Crippen LogP contribution in [0.1, 0.15) is 26.2 Å². The molecule has 0 aliphatic carbocycles. The molecule has 9 N–H and O–H groups in total. The first kappa shape index (κ1) is 22.3. The molecule has 0 aliphatic heterocycles. The molecule has 12 heteroatoms. The Morgan fingerprint density at radius 3 is 1.92 bits per heavy atom. The lowest BCUT2D eigenvalue weighted by Gasteiger charge is -2.23. The minimum Gasteiger partial charge on any atom is -0.481 e. The van der Waals surface area contributed by atoms with Crippen molar-refractivity contribution in [3.05, 3.63) is 0 Å². The molecule has 25 heavy (non-hydrogen) atoms. The summed E-state index contributed by atoms with van der Waals surface area (Å²) >= 11 is 0. The zero-order valence-electron chi connectivity index (χ0n) is 13.5. The Morgan fingerprint density at radius 1 is 1.00 bits per heavy atom. The normalized spacial score (nSPS) is 15.3. The van der Waals surface area contributed by atoms with E-state index in [9.17, 15) is 29.1 Å². The van der Waals surface area contributed by atoms with Crippen molar-refractivity contribution >= 4 is 29.7 Å². The highest BCUT2D eigenvalue weighted by atomic mass is 16.4. The van der Waals surface area contributed by atoms with Gasteiger partial charge in [-0.1, -0.05) is 0 Å². The second-order valence-corrected chi connectivity index (χ2v) is 5.33. The maximum atomic E-state index is 12.1. The van der Waals surface area contributed by atoms with Gasteiger partial charge in [0.15, 0.2) is 0 Å². The molecule has 0 bridgehead atoms. The smallest absolute Gasteiger partial charge is 0.326 e. The van der Waals surface area contributed by atoms with Gasteiger partial charge in [0, 0.05) is 6.42 Å². The van der Waals surface area contributed by atoms with E-state index in [0.29, 0.717) is 0 Å². The van der Waals surface area contributed by atoms with Crippen molar-refractivity contribution < 1.29 is 39.3 Å². The molecule has 0 aromatic carbocycles. The van der Waals surface area contributed by atoms with E-state index in [1.54, 1.807) is 0 Å². The van der Waals surface area contributed by atoms with E-state index in [0.717, 1.165) is 0 Å². The van der Waals surface area contributed by atoms with E-state index in [1.165, 1.54) is 6.92 Å². The Kier molecular flexibility index (Phi) is 9.09. The number of nitrogens with one attached hydrogen (secondary N) is 2. The SMILES string of the molecule is C[C@@H](O)[C@H](N)C(=O)N[C@@H](CCC(N)=O)C(=O)N[C@@H](CC(=O)O)C(=O)O. The summed E-state index contributed by atoms with van der Waals surface area (Å²) in [5, 5.41) is 31.0. The van der Waals surface area contributed by atoms with Gasteiger partial charge >= 0.3 is 11.9 Å². The summed E-state index contributed by atoms with van der Waals surface area (Å²) in [6.45, 7) is 1.25. The first-order valence-corrected chi connectivity index (χ1v) is 7.23. The van der Waals surface area contributed by atoms with E-state index >= 15 is 0 Å². The second kappa shape index (κ2) is 10.2. The number of carboxylic acids is 2. The van der Waals surface area contributed by atoms with Crippen molar-refractivity contribution in [3.63, 3.8) is 0 Å². The molecule has 3 amide bonds. The molecule has 0 heterocycles. The summed E-state index contributed by atoms with van der Waals surface area (Å²) < 4.78 is 0. The quantitative estimate of drug-likeness (QED) is 0.193. The fourth-order valence-corrected chi connectivity index (χ4v) is 1.69. The second-order valence-electron chi connectivity index (χ2n) is 5.33. The van der Waals surface area contributed by atoms with Crippen LogP contribution in [0, 0.1) is 0 Å². The van der Waals surface area contributed by atoms with Crippen LogP contribution in [0.25, 0.3) is 0 Å². The van der Waals surface area contributed by atoms with Crippen LogP contribution in [0.15, 0.2) is 0 Å². The third kappa shape index (κ3) is 8.62. The monoisotopic (exact) mass is 362 g/mol. The summed E-state index contributed by atoms with van der Waals surface area (Å²) in [7, 11) is 0. The van der Waals surface area contributed by atoms with Gasteiger partial charge in [0.05, 0.1) is 12.5 Å². The van der Waals surface area contributed by atoms with Crippen LogP contribution in [-0.4, -0.2) is 69.2 Å². The van der Waals surface area contributed by atoms with Crippen LogP contribution in [0.4, 0.5) is 0 Å². The number of aliphatic hydroxyl groups is 1. The van der Waals surface area contributed by atoms with E-state index in [2.05, 4.69) is 5.32 Å². The molecule has 0 aromatic rings. The highest BCUT2D eigenvalue weighted by Gasteiger charge is 2.30. The van der Waals surface area contributed by atoms with E-state index in [-0.39, 0.29) is 12.8 Å². The van der Waals surface area contributed by atoms with Gasteiger partial charge in [-0.05, 0) is 13.3 Å². The van der Waals surface area contributed by atoms with Gasteiger partial charge in [-0.25, -0.2) is 4.79 Å². The fraction of sp³-hybridized carbons (Fsp3) is 0.615. The van der Waals surface area contributed by atoms with E-state index in [1.807, 2.05) is 5.32 Å². The van der Waals surface area contributed by atoms with Crippen LogP contribution >= 0.6 is 0 Å². The largest absolute Gasteiger partial charge is 0.481 e. The van der Waals surface area contributed by atoms with Gasteiger partial charge in [0.1, 0.15) is 18.1 Å². The molecule has 0 fully saturated rings. The van der Waals surface area contributed by atoms with Gasteiger partial charge in [0.25, 0.3) is 0 Å². The van der Waals surface area contributed by atoms with Crippen molar-refractivity contribution in [3.8, 4) is 0 Å². The fourth-order valence-electron chi connectivity index (χ4n) is 1.69. The summed E-state index contributed by atoms with van der Waals surface area (Å²) in [5.74, 6) is -5.75. The zero-order valence-corrected chi connectivity index (χ0v) is 13.5. The zero-order chi connectivity index (χ0) is 19.7. The topological polar surface area (TPSA) is 222 Å². The number of aliphatic hydroxyl groups excluding tert-OH is 1. The summed E-state index contributed by atoms with van der Waals surface area (Å²) in [5.41, 5.74) is 10.4. The minimum absolute atomic E-state index is 0.265. The number of rotatable bonds is 11. The molecule has 0 saturated heterocycles. The molecule has 0 aromatic heterocycles. The molecule has 0 radical (unpaired) electrons. The van der Waals surface area contributed by atoms with Gasteiger partial charge in [0.2, 0.25) is 17.7 Å². The number of aliphatic carboxylic acids is 2. The van der Waals surface area contributed by atoms with Crippen molar-refractivity contribution in [1.82, 2.24) is 10.6 Å². The minimum atomic E-state index is -1.73. The first-order chi connectivity index (χ1) is 11.5. The number of amides is 3. The van der Waals surface area contributed by atoms with Crippen molar-refractivity contribution in [1.29, 1.82) is 0 Å². The number of hydrogen-bond donors (Lipinski definition) is 7. The predicted octanol–water partition coefficient (Wildman–Crippen LogP) is -3.51. The van der Waals surface area contributed by atoms with Crippen molar-refractivity contribution in [2.24, 2.45) is 11.5 Å². The van der Waals surface area contributed by atoms with Gasteiger partial charge in [-0.2, -0.15) is 0 Å². The average molecular weight is 362 g/mol. The Bertz CT molecular complexity index is 536. The molecular weight excluding hydrogens is 340 g/mol. The number of hydrogen-bond acceptors (Lipinski definition) is 7. The highest BCUT2D eigenvalue weighted by Crippen LogP contribution is 2.02. The first-order valence-electron chi connectivity index (χ1n) is 7.23. The number of carboxylic acid groups (broad SMARTS) is 2. The summed E-state index contributed by atoms with van der Waals surface area (Å²) in [4.78, 5) is 56.5. The van der Waals surface area contributed by atoms with Crippen LogP contribution in [-0.2, 0) is 24.0 Å². The number of primary amides is 1. The van der Waals surface area contributed by atoms with Gasteiger partial charge in [-0.3, -0.25) is 19.2 Å². The van der Waals surface area contributed by atoms with E-state index < -0.39 is 60.3 Å². The molecular formula is C13H22N4O8. The Morgan fingerprint density at radius 2 is 1.52 bits per heavy atom. The van der Waals surface area contributed by atoms with Crippen LogP contribution in [0.2, 0.25) is 0 Å². The van der Waals surface area contributed by atoms with Crippen LogP contribution < -0.4 is 22.1 Å². The molecule has 12 nitrogen and oxygen atoms in total. The molecule has 0 saturated carbocycles. The molecule has 0 rings (SSSR count). The number of nitrogens with two attached hydrogens (primary N) is 2. The Hall–Kier alpha value is -2.73. The van der Waals surface area contributed by atoms with E-state index in [4.69, 9.17) is 21.7 Å². The molecule has 4 atom stereocenters. The van der Waals surface area contributed by atoms with Crippen LogP contribution in [0.3, 0.4) is 0 Å². The van der Waals surface area contributed by atoms with Gasteiger partial charge < -0.3 is 37.4 Å². The molecule has 0 spiro atoms. The lowest BCUT2D eigenvalue weighted by molar-refractivity contribution is -0.147. The average Bonchev–Trinajstić information content (AvgIpc) is 2.48. The summed E-state index contributed by atoms with van der Waals surface area (Å²) in [6.07, 6.45) is -2.68. The van der Waals surface area contributed by atoms with Gasteiger partial charge in [-0.15, -0.1) is 0 Å². The predicted molar refractivity (Wildman–Crippen MR) is 81.8 cm³/mol. The van der Waals surface area contributed by atoms with Crippen LogP contribution in [0.5, 0.6) is 0 Å². The van der Waals surface area contributed by atoms with Crippen molar-refractivity contribution in [2.45, 2.75) is 50.4 Å². The Balaban J connectivity index is 5.13. The summed E-state index contributed by atoms with van der Waals surface area (Å²) in [6, 6.07) is -4.48. The maximum Gasteiger partial charge on any atom is 0.326 e. The molecule has 142 valence electrons. The van der Waals surface area contributed by atoms with Crippen molar-refractivity contribution in [2.75, 3.05) is 0 Å². The lowest BCUT2D eigenvalue weighted by Crippen LogP contribution is -2.56. The third-order valence-corrected chi connectivity index (χ3v) is 3.13. The Labute approximate surface area is 142 Å². The highest BCUT2D eigenvalue weighted by molar-refractivity contribution is 5.93. The standard InChI is InChI=1S/C13H22N4O8/c1-5(18)10(15)12(23)16-6(2-3-8(14)19)11(22)17-7(13(24)25)4-9(20)21/h5-7,10,18H,2-4,15H2,1H3,(H2,14,19)(H,16,23)(H,17,22)(H,20,21)(H,24,25)/t5-,6+,7+,10+/m1/s1.